The molecule has 0 unspecified atom stereocenters. The van der Waals surface area contributed by atoms with Crippen LogP contribution in [0.5, 0.6) is 0 Å². The second-order valence-corrected chi connectivity index (χ2v) is 4.52. The van der Waals surface area contributed by atoms with Crippen LogP contribution in [0, 0.1) is 0 Å². The van der Waals surface area contributed by atoms with E-state index in [4.69, 9.17) is 28.9 Å². The van der Waals surface area contributed by atoms with Crippen molar-refractivity contribution in [2.45, 2.75) is 19.8 Å². The highest BCUT2D eigenvalue weighted by Crippen LogP contribution is 2.20. The number of guanidine groups is 1. The van der Waals surface area contributed by atoms with E-state index in [-0.39, 0.29) is 0 Å². The highest BCUT2D eigenvalue weighted by molar-refractivity contribution is 6.35. The molecule has 0 aromatic heterocycles. The smallest absolute Gasteiger partial charge is 0.188 e. The molecule has 17 heavy (non-hydrogen) atoms. The van der Waals surface area contributed by atoms with Crippen molar-refractivity contribution >= 4 is 29.2 Å². The first kappa shape index (κ1) is 14.1. The number of halogens is 2. The molecule has 0 aliphatic heterocycles. The molecule has 94 valence electrons. The van der Waals surface area contributed by atoms with E-state index in [1.54, 1.807) is 6.07 Å². The van der Waals surface area contributed by atoms with Gasteiger partial charge in [-0.05, 0) is 30.5 Å². The van der Waals surface area contributed by atoms with Gasteiger partial charge in [-0.1, -0.05) is 36.2 Å². The Balaban J connectivity index is 2.40. The Labute approximate surface area is 112 Å². The van der Waals surface area contributed by atoms with Gasteiger partial charge in [0.25, 0.3) is 0 Å². The third-order valence-corrected chi connectivity index (χ3v) is 2.81. The lowest BCUT2D eigenvalue weighted by Gasteiger charge is -2.07. The van der Waals surface area contributed by atoms with Gasteiger partial charge in [-0.25, -0.2) is 0 Å². The first-order chi connectivity index (χ1) is 8.13. The van der Waals surface area contributed by atoms with E-state index < -0.39 is 0 Å². The summed E-state index contributed by atoms with van der Waals surface area (Å²) in [5.74, 6) is 0.483. The van der Waals surface area contributed by atoms with Crippen LogP contribution in [-0.4, -0.2) is 19.0 Å². The first-order valence-electron chi connectivity index (χ1n) is 5.61. The summed E-state index contributed by atoms with van der Waals surface area (Å²) in [5, 5.41) is 4.38. The fourth-order valence-corrected chi connectivity index (χ4v) is 1.84. The molecule has 0 bridgehead atoms. The molecule has 0 spiro atoms. The van der Waals surface area contributed by atoms with Crippen molar-refractivity contribution in [2.75, 3.05) is 13.1 Å². The Morgan fingerprint density at radius 1 is 1.41 bits per heavy atom. The van der Waals surface area contributed by atoms with E-state index in [2.05, 4.69) is 17.2 Å². The molecule has 1 aromatic carbocycles. The molecule has 0 atom stereocenters. The minimum absolute atomic E-state index is 0.483. The van der Waals surface area contributed by atoms with Crippen molar-refractivity contribution in [1.29, 1.82) is 0 Å². The molecule has 0 fully saturated rings. The van der Waals surface area contributed by atoms with E-state index >= 15 is 0 Å². The minimum atomic E-state index is 0.483. The lowest BCUT2D eigenvalue weighted by molar-refractivity contribution is 0.839. The third kappa shape index (κ3) is 5.29. The largest absolute Gasteiger partial charge is 0.370 e. The number of aliphatic imine (C=N–C) groups is 1. The van der Waals surface area contributed by atoms with Gasteiger partial charge >= 0.3 is 0 Å². The Morgan fingerprint density at radius 2 is 2.18 bits per heavy atom. The average Bonchev–Trinajstić information content (AvgIpc) is 2.29. The summed E-state index contributed by atoms with van der Waals surface area (Å²) in [6.07, 6.45) is 1.78. The molecule has 0 saturated heterocycles. The molecule has 5 heteroatoms. The molecule has 3 N–H and O–H groups in total. The average molecular weight is 274 g/mol. The SMILES string of the molecule is CCCN=C(N)NCCc1ccc(Cl)cc1Cl. The molecular formula is C12H17Cl2N3. The van der Waals surface area contributed by atoms with E-state index in [0.717, 1.165) is 24.9 Å². The molecule has 0 amide bonds. The zero-order chi connectivity index (χ0) is 12.7. The van der Waals surface area contributed by atoms with Gasteiger partial charge in [0, 0.05) is 23.1 Å². The molecule has 1 rings (SSSR count). The molecule has 3 nitrogen and oxygen atoms in total. The lowest BCUT2D eigenvalue weighted by atomic mass is 10.1. The van der Waals surface area contributed by atoms with Crippen molar-refractivity contribution in [2.24, 2.45) is 10.7 Å². The van der Waals surface area contributed by atoms with Crippen LogP contribution >= 0.6 is 23.2 Å². The highest BCUT2D eigenvalue weighted by atomic mass is 35.5. The highest BCUT2D eigenvalue weighted by Gasteiger charge is 2.01. The van der Waals surface area contributed by atoms with E-state index in [9.17, 15) is 0 Å². The monoisotopic (exact) mass is 273 g/mol. The number of benzene rings is 1. The van der Waals surface area contributed by atoms with Crippen LogP contribution in [-0.2, 0) is 6.42 Å². The summed E-state index contributed by atoms with van der Waals surface area (Å²) in [6, 6.07) is 5.50. The summed E-state index contributed by atoms with van der Waals surface area (Å²) >= 11 is 11.9. The summed E-state index contributed by atoms with van der Waals surface area (Å²) in [7, 11) is 0. The zero-order valence-corrected chi connectivity index (χ0v) is 11.4. The summed E-state index contributed by atoms with van der Waals surface area (Å²) < 4.78 is 0. The van der Waals surface area contributed by atoms with Crippen molar-refractivity contribution in [3.05, 3.63) is 33.8 Å². The zero-order valence-electron chi connectivity index (χ0n) is 9.84. The van der Waals surface area contributed by atoms with Crippen LogP contribution in [0.3, 0.4) is 0 Å². The van der Waals surface area contributed by atoms with Crippen molar-refractivity contribution < 1.29 is 0 Å². The predicted octanol–water partition coefficient (Wildman–Crippen LogP) is 2.85. The van der Waals surface area contributed by atoms with Crippen molar-refractivity contribution in [3.63, 3.8) is 0 Å². The van der Waals surface area contributed by atoms with Gasteiger partial charge < -0.3 is 11.1 Å². The van der Waals surface area contributed by atoms with Crippen LogP contribution < -0.4 is 11.1 Å². The Morgan fingerprint density at radius 3 is 2.82 bits per heavy atom. The Bertz CT molecular complexity index is 391. The van der Waals surface area contributed by atoms with Gasteiger partial charge in [0.05, 0.1) is 0 Å². The molecule has 0 saturated carbocycles. The molecular weight excluding hydrogens is 257 g/mol. The van der Waals surface area contributed by atoms with E-state index in [0.29, 0.717) is 22.5 Å². The molecule has 1 aromatic rings. The Hall–Kier alpha value is -0.930. The van der Waals surface area contributed by atoms with Crippen LogP contribution in [0.1, 0.15) is 18.9 Å². The molecule has 0 aliphatic carbocycles. The van der Waals surface area contributed by atoms with E-state index in [1.807, 2.05) is 12.1 Å². The second kappa shape index (κ2) is 7.41. The quantitative estimate of drug-likeness (QED) is 0.640. The van der Waals surface area contributed by atoms with Gasteiger partial charge in [-0.2, -0.15) is 0 Å². The second-order valence-electron chi connectivity index (χ2n) is 3.68. The van der Waals surface area contributed by atoms with Gasteiger partial charge in [0.15, 0.2) is 5.96 Å². The maximum Gasteiger partial charge on any atom is 0.188 e. The summed E-state index contributed by atoms with van der Waals surface area (Å²) in [5.41, 5.74) is 6.72. The molecule has 0 aliphatic rings. The van der Waals surface area contributed by atoms with Crippen LogP contribution in [0.2, 0.25) is 10.0 Å². The Kier molecular flexibility index (Phi) is 6.16. The van der Waals surface area contributed by atoms with Crippen LogP contribution in [0.15, 0.2) is 23.2 Å². The molecule has 0 radical (unpaired) electrons. The first-order valence-corrected chi connectivity index (χ1v) is 6.36. The summed E-state index contributed by atoms with van der Waals surface area (Å²) in [6.45, 7) is 3.52. The number of nitrogens with two attached hydrogens (primary N) is 1. The van der Waals surface area contributed by atoms with Gasteiger partial charge in [-0.3, -0.25) is 4.99 Å². The number of nitrogens with one attached hydrogen (secondary N) is 1. The number of nitrogens with zero attached hydrogens (tertiary/aromatic N) is 1. The predicted molar refractivity (Wildman–Crippen MR) is 74.9 cm³/mol. The number of hydrogen-bond acceptors (Lipinski definition) is 1. The fraction of sp³-hybridized carbons (Fsp3) is 0.417. The van der Waals surface area contributed by atoms with Crippen molar-refractivity contribution in [3.8, 4) is 0 Å². The lowest BCUT2D eigenvalue weighted by Crippen LogP contribution is -2.33. The van der Waals surface area contributed by atoms with Gasteiger partial charge in [0.1, 0.15) is 0 Å². The number of hydrogen-bond donors (Lipinski definition) is 2. The van der Waals surface area contributed by atoms with Crippen LogP contribution in [0.25, 0.3) is 0 Å². The minimum Gasteiger partial charge on any atom is -0.370 e. The normalized spacial score (nSPS) is 11.6. The third-order valence-electron chi connectivity index (χ3n) is 2.22. The standard InChI is InChI=1S/C12H17Cl2N3/c1-2-6-16-12(15)17-7-5-9-3-4-10(13)8-11(9)14/h3-4,8H,2,5-7H2,1H3,(H3,15,16,17). The number of rotatable bonds is 5. The van der Waals surface area contributed by atoms with E-state index in [1.165, 1.54) is 0 Å². The van der Waals surface area contributed by atoms with Gasteiger partial charge in [0.2, 0.25) is 0 Å². The maximum atomic E-state index is 6.05. The maximum absolute atomic E-state index is 6.05. The molecule has 0 heterocycles. The fourth-order valence-electron chi connectivity index (χ4n) is 1.34. The summed E-state index contributed by atoms with van der Waals surface area (Å²) in [4.78, 5) is 4.14. The van der Waals surface area contributed by atoms with Crippen molar-refractivity contribution in [1.82, 2.24) is 5.32 Å². The van der Waals surface area contributed by atoms with Gasteiger partial charge in [-0.15, -0.1) is 0 Å². The van der Waals surface area contributed by atoms with Crippen LogP contribution in [0.4, 0.5) is 0 Å². The topological polar surface area (TPSA) is 50.4 Å².